The summed E-state index contributed by atoms with van der Waals surface area (Å²) in [7, 11) is 0.188. The van der Waals surface area contributed by atoms with Gasteiger partial charge in [-0.2, -0.15) is 0 Å². The molecular formula is C12H17BN2O4. The zero-order chi connectivity index (χ0) is 13.8. The molecule has 0 radical (unpaired) electrons. The Bertz CT molecular complexity index is 430. The molecule has 0 atom stereocenters. The first-order chi connectivity index (χ1) is 9.06. The molecule has 0 unspecified atom stereocenters. The van der Waals surface area contributed by atoms with E-state index in [-0.39, 0.29) is 5.91 Å². The Hall–Kier alpha value is -1.57. The third-order valence-electron chi connectivity index (χ3n) is 3.13. The summed E-state index contributed by atoms with van der Waals surface area (Å²) >= 11 is 0. The Balaban J connectivity index is 1.99. The zero-order valence-corrected chi connectivity index (χ0v) is 10.8. The van der Waals surface area contributed by atoms with Gasteiger partial charge in [0.1, 0.15) is 5.75 Å². The van der Waals surface area contributed by atoms with Gasteiger partial charge in [0, 0.05) is 31.7 Å². The van der Waals surface area contributed by atoms with Crippen LogP contribution in [0.1, 0.15) is 10.4 Å². The number of amides is 1. The molecule has 1 aliphatic heterocycles. The van der Waals surface area contributed by atoms with Gasteiger partial charge < -0.3 is 24.5 Å². The van der Waals surface area contributed by atoms with Crippen LogP contribution in [0.3, 0.4) is 0 Å². The van der Waals surface area contributed by atoms with Gasteiger partial charge in [-0.3, -0.25) is 4.79 Å². The summed E-state index contributed by atoms with van der Waals surface area (Å²) in [5.41, 5.74) is 0.573. The smallest absolute Gasteiger partial charge is 0.512 e. The lowest BCUT2D eigenvalue weighted by molar-refractivity contribution is 0.0664. The molecule has 2 N–H and O–H groups in total. The molecule has 0 bridgehead atoms. The quantitative estimate of drug-likeness (QED) is 0.715. The van der Waals surface area contributed by atoms with E-state index in [1.165, 1.54) is 0 Å². The molecule has 1 aromatic rings. The van der Waals surface area contributed by atoms with Crippen molar-refractivity contribution in [1.29, 1.82) is 0 Å². The number of benzene rings is 1. The summed E-state index contributed by atoms with van der Waals surface area (Å²) in [5.74, 6) is 0.300. The average molecular weight is 264 g/mol. The highest BCUT2D eigenvalue weighted by atomic mass is 16.6. The van der Waals surface area contributed by atoms with E-state index in [1.54, 1.807) is 24.3 Å². The van der Waals surface area contributed by atoms with Crippen LogP contribution in [0.2, 0.25) is 0 Å². The van der Waals surface area contributed by atoms with Crippen molar-refractivity contribution in [1.82, 2.24) is 9.80 Å². The number of piperazine rings is 1. The van der Waals surface area contributed by atoms with E-state index in [9.17, 15) is 4.79 Å². The van der Waals surface area contributed by atoms with Crippen LogP contribution in [0.15, 0.2) is 24.3 Å². The average Bonchev–Trinajstić information content (AvgIpc) is 2.39. The Morgan fingerprint density at radius 2 is 1.74 bits per heavy atom. The number of nitrogens with zero attached hydrogens (tertiary/aromatic N) is 2. The van der Waals surface area contributed by atoms with E-state index in [0.717, 1.165) is 26.2 Å². The first-order valence-corrected chi connectivity index (χ1v) is 6.17. The summed E-state index contributed by atoms with van der Waals surface area (Å²) in [6, 6.07) is 6.34. The van der Waals surface area contributed by atoms with Crippen LogP contribution in [0, 0.1) is 0 Å². The van der Waals surface area contributed by atoms with E-state index in [0.29, 0.717) is 11.3 Å². The molecule has 1 aliphatic rings. The van der Waals surface area contributed by atoms with E-state index < -0.39 is 7.32 Å². The number of carbonyl (C=O) groups excluding carboxylic acids is 1. The molecule has 1 saturated heterocycles. The second kappa shape index (κ2) is 6.05. The lowest BCUT2D eigenvalue weighted by Crippen LogP contribution is -2.47. The van der Waals surface area contributed by atoms with Crippen molar-refractivity contribution in [2.24, 2.45) is 0 Å². The molecule has 7 heteroatoms. The predicted octanol–water partition coefficient (Wildman–Crippen LogP) is -0.578. The maximum absolute atomic E-state index is 12.2. The van der Waals surface area contributed by atoms with Crippen molar-refractivity contribution in [2.75, 3.05) is 33.2 Å². The second-order valence-corrected chi connectivity index (χ2v) is 4.56. The molecule has 1 fully saturated rings. The maximum Gasteiger partial charge on any atom is 0.707 e. The van der Waals surface area contributed by atoms with Gasteiger partial charge in [-0.05, 0) is 31.3 Å². The van der Waals surface area contributed by atoms with Crippen molar-refractivity contribution in [3.63, 3.8) is 0 Å². The fourth-order valence-corrected chi connectivity index (χ4v) is 1.99. The van der Waals surface area contributed by atoms with Crippen LogP contribution < -0.4 is 4.65 Å². The van der Waals surface area contributed by atoms with Crippen LogP contribution in [0.4, 0.5) is 0 Å². The Morgan fingerprint density at radius 1 is 1.16 bits per heavy atom. The van der Waals surface area contributed by atoms with Gasteiger partial charge in [0.05, 0.1) is 0 Å². The minimum absolute atomic E-state index is 0.0100. The van der Waals surface area contributed by atoms with Gasteiger partial charge in [-0.25, -0.2) is 0 Å². The number of likely N-dealkylation sites (N-methyl/N-ethyl adjacent to an activating group) is 1. The molecular weight excluding hydrogens is 247 g/mol. The van der Waals surface area contributed by atoms with Crippen LogP contribution >= 0.6 is 0 Å². The minimum atomic E-state index is -1.85. The molecule has 102 valence electrons. The summed E-state index contributed by atoms with van der Waals surface area (Å²) in [6.45, 7) is 3.21. The predicted molar refractivity (Wildman–Crippen MR) is 70.7 cm³/mol. The number of hydrogen-bond acceptors (Lipinski definition) is 5. The molecule has 1 aromatic carbocycles. The Labute approximate surface area is 112 Å². The largest absolute Gasteiger partial charge is 0.707 e. The second-order valence-electron chi connectivity index (χ2n) is 4.56. The monoisotopic (exact) mass is 264 g/mol. The van der Waals surface area contributed by atoms with E-state index in [1.807, 2.05) is 11.9 Å². The third kappa shape index (κ3) is 3.70. The summed E-state index contributed by atoms with van der Waals surface area (Å²) < 4.78 is 4.69. The van der Waals surface area contributed by atoms with Gasteiger partial charge in [0.25, 0.3) is 5.91 Å². The molecule has 0 saturated carbocycles. The highest BCUT2D eigenvalue weighted by Crippen LogP contribution is 2.14. The molecule has 19 heavy (non-hydrogen) atoms. The summed E-state index contributed by atoms with van der Waals surface area (Å²) in [4.78, 5) is 16.2. The maximum atomic E-state index is 12.2. The summed E-state index contributed by atoms with van der Waals surface area (Å²) in [5, 5.41) is 17.3. The molecule has 6 nitrogen and oxygen atoms in total. The first kappa shape index (κ1) is 13.9. The third-order valence-corrected chi connectivity index (χ3v) is 3.13. The molecule has 0 aromatic heterocycles. The van der Waals surface area contributed by atoms with Crippen molar-refractivity contribution in [2.45, 2.75) is 0 Å². The van der Waals surface area contributed by atoms with Crippen LogP contribution in [0.25, 0.3) is 0 Å². The van der Waals surface area contributed by atoms with Crippen LogP contribution in [0.5, 0.6) is 5.75 Å². The van der Waals surface area contributed by atoms with Crippen molar-refractivity contribution in [3.05, 3.63) is 29.8 Å². The highest BCUT2D eigenvalue weighted by Gasteiger charge is 2.20. The zero-order valence-electron chi connectivity index (χ0n) is 10.8. The standard InChI is InChI=1S/C12H17BN2O4/c1-14-6-8-15(9-7-14)12(16)10-2-4-11(5-3-10)19-13(17)18/h2-5,17-18H,6-9H2,1H3. The van der Waals surface area contributed by atoms with E-state index in [4.69, 9.17) is 10.0 Å². The fourth-order valence-electron chi connectivity index (χ4n) is 1.99. The van der Waals surface area contributed by atoms with Gasteiger partial charge in [-0.1, -0.05) is 0 Å². The van der Waals surface area contributed by atoms with E-state index in [2.05, 4.69) is 9.55 Å². The SMILES string of the molecule is CN1CCN(C(=O)c2ccc(OB(O)O)cc2)CC1. The molecule has 1 amide bonds. The van der Waals surface area contributed by atoms with Gasteiger partial charge in [0.15, 0.2) is 0 Å². The lowest BCUT2D eigenvalue weighted by atomic mass is 10.1. The fraction of sp³-hybridized carbons (Fsp3) is 0.417. The first-order valence-electron chi connectivity index (χ1n) is 6.17. The number of carbonyl (C=O) groups is 1. The van der Waals surface area contributed by atoms with Gasteiger partial charge in [0.2, 0.25) is 0 Å². The number of hydrogen-bond donors (Lipinski definition) is 2. The normalized spacial score (nSPS) is 16.3. The van der Waals surface area contributed by atoms with Crippen molar-refractivity contribution in [3.8, 4) is 5.75 Å². The molecule has 0 spiro atoms. The molecule has 1 heterocycles. The van der Waals surface area contributed by atoms with Gasteiger partial charge >= 0.3 is 7.32 Å². The highest BCUT2D eigenvalue weighted by molar-refractivity contribution is 6.33. The Kier molecular flexibility index (Phi) is 4.41. The topological polar surface area (TPSA) is 73.2 Å². The van der Waals surface area contributed by atoms with Crippen molar-refractivity contribution < 1.29 is 19.5 Å². The van der Waals surface area contributed by atoms with Crippen LogP contribution in [-0.2, 0) is 0 Å². The Morgan fingerprint density at radius 3 is 2.26 bits per heavy atom. The molecule has 0 aliphatic carbocycles. The minimum Gasteiger partial charge on any atom is -0.512 e. The van der Waals surface area contributed by atoms with Crippen molar-refractivity contribution >= 4 is 13.2 Å². The van der Waals surface area contributed by atoms with E-state index >= 15 is 0 Å². The lowest BCUT2D eigenvalue weighted by Gasteiger charge is -2.32. The van der Waals surface area contributed by atoms with Gasteiger partial charge in [-0.15, -0.1) is 0 Å². The molecule has 2 rings (SSSR count). The summed E-state index contributed by atoms with van der Waals surface area (Å²) in [6.07, 6.45) is 0. The van der Waals surface area contributed by atoms with Crippen LogP contribution in [-0.4, -0.2) is 66.3 Å². The number of rotatable bonds is 3.